The Morgan fingerprint density at radius 2 is 1.55 bits per heavy atom. The van der Waals surface area contributed by atoms with E-state index in [1.165, 1.54) is 7.11 Å². The standard InChI is InChI=1S/C34H39ClN2O5/c1-18-8-9-19(2)22(10-18)37-28(40)17-42-32-21(35)11-20(12-27(32)41-7)29-30-23(13-33(3,4)15-25(30)38)36-24-14-34(5,6)16-26(39)31(24)29/h8-12,29,36H,13-17H2,1-7H3,(H,37,40). The van der Waals surface area contributed by atoms with Crippen LogP contribution in [0.5, 0.6) is 11.5 Å². The van der Waals surface area contributed by atoms with Gasteiger partial charge in [0, 0.05) is 47.0 Å². The van der Waals surface area contributed by atoms with Crippen molar-refractivity contribution in [2.75, 3.05) is 19.0 Å². The summed E-state index contributed by atoms with van der Waals surface area (Å²) in [5, 5.41) is 6.65. The van der Waals surface area contributed by atoms with Crippen LogP contribution in [0.3, 0.4) is 0 Å². The molecule has 0 atom stereocenters. The molecule has 2 N–H and O–H groups in total. The van der Waals surface area contributed by atoms with Crippen LogP contribution in [0.4, 0.5) is 5.69 Å². The number of aryl methyl sites for hydroxylation is 2. The predicted molar refractivity (Wildman–Crippen MR) is 164 cm³/mol. The van der Waals surface area contributed by atoms with Gasteiger partial charge in [-0.25, -0.2) is 0 Å². The van der Waals surface area contributed by atoms with E-state index in [2.05, 4.69) is 38.3 Å². The summed E-state index contributed by atoms with van der Waals surface area (Å²) in [6.07, 6.45) is 2.21. The number of dihydropyridines is 1. The molecule has 1 aliphatic heterocycles. The van der Waals surface area contributed by atoms with Crippen LogP contribution < -0.4 is 20.1 Å². The smallest absolute Gasteiger partial charge is 0.262 e. The first-order valence-corrected chi connectivity index (χ1v) is 14.7. The Hall–Kier alpha value is -3.58. The highest BCUT2D eigenvalue weighted by Crippen LogP contribution is 2.52. The number of carbonyl (C=O) groups excluding carboxylic acids is 3. The SMILES string of the molecule is COc1cc(C2C3=C(CC(C)(C)CC3=O)NC3=C2C(=O)CC(C)(C)C3)cc(Cl)c1OCC(=O)Nc1cc(C)ccc1C. The lowest BCUT2D eigenvalue weighted by molar-refractivity contribution is -0.119. The van der Waals surface area contributed by atoms with Crippen molar-refractivity contribution < 1.29 is 23.9 Å². The van der Waals surface area contributed by atoms with Crippen LogP contribution >= 0.6 is 11.6 Å². The number of amides is 1. The number of halogens is 1. The second-order valence-corrected chi connectivity index (χ2v) is 13.8. The van der Waals surface area contributed by atoms with Crippen LogP contribution in [-0.2, 0) is 14.4 Å². The monoisotopic (exact) mass is 590 g/mol. The molecule has 0 saturated heterocycles. The van der Waals surface area contributed by atoms with Crippen molar-refractivity contribution >= 4 is 34.8 Å². The molecule has 2 aromatic rings. The zero-order chi connectivity index (χ0) is 30.6. The van der Waals surface area contributed by atoms with Gasteiger partial charge in [-0.15, -0.1) is 0 Å². The van der Waals surface area contributed by atoms with Gasteiger partial charge in [-0.05, 0) is 72.4 Å². The van der Waals surface area contributed by atoms with E-state index in [1.807, 2.05) is 32.0 Å². The molecule has 0 bridgehead atoms. The fourth-order valence-electron chi connectivity index (χ4n) is 6.46. The summed E-state index contributed by atoms with van der Waals surface area (Å²) in [7, 11) is 1.50. The molecule has 42 heavy (non-hydrogen) atoms. The second kappa shape index (κ2) is 10.9. The first kappa shape index (κ1) is 29.9. The van der Waals surface area contributed by atoms with Gasteiger partial charge in [-0.1, -0.05) is 51.4 Å². The molecule has 0 spiro atoms. The highest BCUT2D eigenvalue weighted by atomic mass is 35.5. The lowest BCUT2D eigenvalue weighted by Gasteiger charge is -2.44. The Bertz CT molecular complexity index is 1510. The summed E-state index contributed by atoms with van der Waals surface area (Å²) in [6, 6.07) is 9.34. The molecule has 0 saturated carbocycles. The van der Waals surface area contributed by atoms with Crippen LogP contribution in [0.1, 0.15) is 76.0 Å². The van der Waals surface area contributed by atoms with Crippen molar-refractivity contribution in [2.45, 2.75) is 73.1 Å². The Balaban J connectivity index is 1.50. The van der Waals surface area contributed by atoms with Gasteiger partial charge in [0.15, 0.2) is 29.7 Å². The Morgan fingerprint density at radius 3 is 2.12 bits per heavy atom. The van der Waals surface area contributed by atoms with Crippen LogP contribution in [0.25, 0.3) is 0 Å². The molecule has 0 fully saturated rings. The minimum absolute atomic E-state index is 0.0291. The number of nitrogens with one attached hydrogen (secondary N) is 2. The van der Waals surface area contributed by atoms with Crippen molar-refractivity contribution in [3.8, 4) is 11.5 Å². The lowest BCUT2D eigenvalue weighted by atomic mass is 9.64. The number of rotatable bonds is 6. The highest BCUT2D eigenvalue weighted by molar-refractivity contribution is 6.32. The predicted octanol–water partition coefficient (Wildman–Crippen LogP) is 6.96. The average molecular weight is 591 g/mol. The number of methoxy groups -OCH3 is 1. The number of hydrogen-bond donors (Lipinski definition) is 2. The first-order valence-electron chi connectivity index (χ1n) is 14.3. The summed E-state index contributed by atoms with van der Waals surface area (Å²) in [5.41, 5.74) is 6.01. The number of benzene rings is 2. The van der Waals surface area contributed by atoms with E-state index in [-0.39, 0.29) is 45.7 Å². The fraction of sp³-hybridized carbons (Fsp3) is 0.441. The largest absolute Gasteiger partial charge is 0.493 e. The van der Waals surface area contributed by atoms with Gasteiger partial charge in [-0.2, -0.15) is 0 Å². The number of allylic oxidation sites excluding steroid dienone is 4. The van der Waals surface area contributed by atoms with E-state index in [4.69, 9.17) is 21.1 Å². The summed E-state index contributed by atoms with van der Waals surface area (Å²) in [4.78, 5) is 40.1. The van der Waals surface area contributed by atoms with Crippen molar-refractivity contribution in [3.05, 3.63) is 74.6 Å². The highest BCUT2D eigenvalue weighted by Gasteiger charge is 2.46. The minimum atomic E-state index is -0.559. The summed E-state index contributed by atoms with van der Waals surface area (Å²) < 4.78 is 11.6. The van der Waals surface area contributed by atoms with Gasteiger partial charge in [0.1, 0.15) is 0 Å². The number of anilines is 1. The molecule has 0 unspecified atom stereocenters. The van der Waals surface area contributed by atoms with E-state index in [9.17, 15) is 14.4 Å². The van der Waals surface area contributed by atoms with Gasteiger partial charge in [0.2, 0.25) is 0 Å². The Kier molecular flexibility index (Phi) is 7.77. The molecular formula is C34H39ClN2O5. The van der Waals surface area contributed by atoms with E-state index >= 15 is 0 Å². The molecule has 222 valence electrons. The summed E-state index contributed by atoms with van der Waals surface area (Å²) in [6.45, 7) is 12.0. The third-order valence-electron chi connectivity index (χ3n) is 8.32. The number of carbonyl (C=O) groups is 3. The maximum atomic E-state index is 13.7. The van der Waals surface area contributed by atoms with Gasteiger partial charge in [0.25, 0.3) is 5.91 Å². The third kappa shape index (κ3) is 5.84. The lowest BCUT2D eigenvalue weighted by Crippen LogP contribution is -2.42. The molecule has 8 heteroatoms. The molecule has 2 aliphatic carbocycles. The molecule has 1 heterocycles. The first-order chi connectivity index (χ1) is 19.7. The Morgan fingerprint density at radius 1 is 0.952 bits per heavy atom. The molecule has 1 amide bonds. The summed E-state index contributed by atoms with van der Waals surface area (Å²) >= 11 is 6.78. The van der Waals surface area contributed by atoms with E-state index < -0.39 is 5.92 Å². The molecule has 5 rings (SSSR count). The number of Topliss-reactive ketones (excluding diaryl/α,β-unsaturated/α-hetero) is 2. The molecule has 0 radical (unpaired) electrons. The maximum absolute atomic E-state index is 13.7. The molecule has 2 aromatic carbocycles. The van der Waals surface area contributed by atoms with E-state index in [1.54, 1.807) is 12.1 Å². The molecule has 3 aliphatic rings. The zero-order valence-electron chi connectivity index (χ0n) is 25.4. The molecule has 0 aromatic heterocycles. The van der Waals surface area contributed by atoms with Gasteiger partial charge < -0.3 is 20.1 Å². The van der Waals surface area contributed by atoms with Gasteiger partial charge >= 0.3 is 0 Å². The molecule has 7 nitrogen and oxygen atoms in total. The number of hydrogen-bond acceptors (Lipinski definition) is 6. The van der Waals surface area contributed by atoms with Crippen LogP contribution in [0.2, 0.25) is 5.02 Å². The van der Waals surface area contributed by atoms with Crippen molar-refractivity contribution in [3.63, 3.8) is 0 Å². The van der Waals surface area contributed by atoms with Crippen LogP contribution in [0, 0.1) is 24.7 Å². The number of ketones is 2. The van der Waals surface area contributed by atoms with Crippen molar-refractivity contribution in [1.29, 1.82) is 0 Å². The van der Waals surface area contributed by atoms with Crippen molar-refractivity contribution in [2.24, 2.45) is 10.8 Å². The van der Waals surface area contributed by atoms with E-state index in [0.717, 1.165) is 28.2 Å². The zero-order valence-corrected chi connectivity index (χ0v) is 26.2. The molecular weight excluding hydrogens is 552 g/mol. The van der Waals surface area contributed by atoms with Crippen LogP contribution in [-0.4, -0.2) is 31.2 Å². The van der Waals surface area contributed by atoms with Crippen LogP contribution in [0.15, 0.2) is 52.9 Å². The maximum Gasteiger partial charge on any atom is 0.262 e. The normalized spacial score (nSPS) is 19.6. The topological polar surface area (TPSA) is 93.7 Å². The number of ether oxygens (including phenoxy) is 2. The quantitative estimate of drug-likeness (QED) is 0.378. The third-order valence-corrected chi connectivity index (χ3v) is 8.60. The second-order valence-electron chi connectivity index (χ2n) is 13.4. The minimum Gasteiger partial charge on any atom is -0.493 e. The fourth-order valence-corrected chi connectivity index (χ4v) is 6.74. The van der Waals surface area contributed by atoms with Gasteiger partial charge in [0.05, 0.1) is 12.1 Å². The summed E-state index contributed by atoms with van der Waals surface area (Å²) in [5.74, 6) is -0.283. The average Bonchev–Trinajstić information content (AvgIpc) is 2.87. The Labute approximate surface area is 252 Å². The van der Waals surface area contributed by atoms with Gasteiger partial charge in [-0.3, -0.25) is 14.4 Å². The van der Waals surface area contributed by atoms with E-state index in [0.29, 0.717) is 48.1 Å². The van der Waals surface area contributed by atoms with Crippen molar-refractivity contribution in [1.82, 2.24) is 5.32 Å².